The second-order valence-corrected chi connectivity index (χ2v) is 6.02. The van der Waals surface area contributed by atoms with Crippen molar-refractivity contribution in [1.82, 2.24) is 0 Å². The van der Waals surface area contributed by atoms with Crippen LogP contribution in [0.2, 0.25) is 0 Å². The summed E-state index contributed by atoms with van der Waals surface area (Å²) < 4.78 is 0. The third-order valence-corrected chi connectivity index (χ3v) is 4.52. The van der Waals surface area contributed by atoms with Gasteiger partial charge in [0, 0.05) is 0 Å². The normalized spacial score (nSPS) is 41.9. The fraction of sp³-hybridized carbons (Fsp3) is 0.733. The molecule has 1 fully saturated rings. The topological polar surface area (TPSA) is 0 Å². The summed E-state index contributed by atoms with van der Waals surface area (Å²) in [6, 6.07) is 0. The molecule has 84 valence electrons. The van der Waals surface area contributed by atoms with Crippen LogP contribution in [0, 0.1) is 17.3 Å². The van der Waals surface area contributed by atoms with Crippen molar-refractivity contribution < 1.29 is 0 Å². The quantitative estimate of drug-likeness (QED) is 0.501. The van der Waals surface area contributed by atoms with E-state index in [4.69, 9.17) is 0 Å². The van der Waals surface area contributed by atoms with Crippen LogP contribution in [-0.2, 0) is 0 Å². The molecule has 0 bridgehead atoms. The van der Waals surface area contributed by atoms with Crippen LogP contribution in [0.4, 0.5) is 0 Å². The highest BCUT2D eigenvalue weighted by Gasteiger charge is 2.57. The van der Waals surface area contributed by atoms with E-state index in [1.807, 2.05) is 0 Å². The Morgan fingerprint density at radius 2 is 1.80 bits per heavy atom. The zero-order chi connectivity index (χ0) is 11.1. The van der Waals surface area contributed by atoms with Gasteiger partial charge in [-0.1, -0.05) is 37.1 Å². The summed E-state index contributed by atoms with van der Waals surface area (Å²) in [7, 11) is 0. The lowest BCUT2D eigenvalue weighted by molar-refractivity contribution is 0.527. The van der Waals surface area contributed by atoms with E-state index in [0.29, 0.717) is 5.41 Å². The van der Waals surface area contributed by atoms with Crippen LogP contribution >= 0.6 is 0 Å². The predicted octanol–water partition coefficient (Wildman–Crippen LogP) is 4.73. The lowest BCUT2D eigenvalue weighted by atomic mass is 10.0. The van der Waals surface area contributed by atoms with Gasteiger partial charge < -0.3 is 0 Å². The first kappa shape index (κ1) is 11.0. The minimum atomic E-state index is 0.575. The van der Waals surface area contributed by atoms with Crippen molar-refractivity contribution in [3.05, 3.63) is 23.3 Å². The Morgan fingerprint density at radius 1 is 1.13 bits per heavy atom. The third-order valence-electron chi connectivity index (χ3n) is 4.52. The van der Waals surface area contributed by atoms with E-state index in [-0.39, 0.29) is 0 Å². The highest BCUT2D eigenvalue weighted by Crippen LogP contribution is 2.63. The van der Waals surface area contributed by atoms with Gasteiger partial charge in [-0.2, -0.15) is 0 Å². The van der Waals surface area contributed by atoms with Crippen LogP contribution in [-0.4, -0.2) is 0 Å². The maximum absolute atomic E-state index is 2.47. The van der Waals surface area contributed by atoms with Gasteiger partial charge in [-0.15, -0.1) is 0 Å². The van der Waals surface area contributed by atoms with Gasteiger partial charge >= 0.3 is 0 Å². The van der Waals surface area contributed by atoms with Gasteiger partial charge in [-0.25, -0.2) is 0 Å². The molecule has 2 rings (SSSR count). The molecule has 0 unspecified atom stereocenters. The monoisotopic (exact) mass is 204 g/mol. The second-order valence-electron chi connectivity index (χ2n) is 6.02. The molecule has 2 atom stereocenters. The molecule has 0 heterocycles. The first-order valence-electron chi connectivity index (χ1n) is 6.36. The van der Waals surface area contributed by atoms with Gasteiger partial charge in [-0.3, -0.25) is 0 Å². The molecule has 0 nitrogen and oxygen atoms in total. The average molecular weight is 204 g/mol. The predicted molar refractivity (Wildman–Crippen MR) is 66.7 cm³/mol. The molecule has 0 aromatic rings. The van der Waals surface area contributed by atoms with E-state index >= 15 is 0 Å². The van der Waals surface area contributed by atoms with Crippen molar-refractivity contribution in [3.8, 4) is 0 Å². The molecular weight excluding hydrogens is 180 g/mol. The summed E-state index contributed by atoms with van der Waals surface area (Å²) in [6.07, 6.45) is 10.1. The smallest absolute Gasteiger partial charge is 0.0118 e. The lowest BCUT2D eigenvalue weighted by Crippen LogP contribution is -1.91. The molecule has 15 heavy (non-hydrogen) atoms. The largest absolute Gasteiger partial charge is 0.0853 e. The standard InChI is InChI=1S/C15H24/c1-11-7-5-6-8-12(2)14-13(10-9-11)15(14,3)4/h7-8,13-14H,5-6,9-10H2,1-4H3/b11-7+,12-8+/t13-,14-/m1/s1. The van der Waals surface area contributed by atoms with Crippen LogP contribution in [0.3, 0.4) is 0 Å². The summed E-state index contributed by atoms with van der Waals surface area (Å²) in [5.74, 6) is 1.82. The van der Waals surface area contributed by atoms with E-state index in [2.05, 4.69) is 39.8 Å². The molecular formula is C15H24. The van der Waals surface area contributed by atoms with E-state index in [9.17, 15) is 0 Å². The Bertz CT molecular complexity index is 304. The molecule has 0 aromatic heterocycles. The van der Waals surface area contributed by atoms with Crippen LogP contribution in [0.15, 0.2) is 23.3 Å². The first-order valence-corrected chi connectivity index (χ1v) is 6.36. The lowest BCUT2D eigenvalue weighted by Gasteiger charge is -2.05. The summed E-state index contributed by atoms with van der Waals surface area (Å²) >= 11 is 0. The Hall–Kier alpha value is -0.520. The van der Waals surface area contributed by atoms with Crippen LogP contribution in [0.1, 0.15) is 53.4 Å². The molecule has 0 spiro atoms. The first-order chi connectivity index (χ1) is 7.03. The maximum Gasteiger partial charge on any atom is -0.0118 e. The van der Waals surface area contributed by atoms with Crippen molar-refractivity contribution >= 4 is 0 Å². The molecule has 0 saturated heterocycles. The molecule has 1 saturated carbocycles. The summed E-state index contributed by atoms with van der Waals surface area (Å²) in [6.45, 7) is 9.51. The Labute approximate surface area is 94.5 Å². The highest BCUT2D eigenvalue weighted by atomic mass is 14.6. The molecule has 0 amide bonds. The van der Waals surface area contributed by atoms with E-state index in [1.165, 1.54) is 25.7 Å². The summed E-state index contributed by atoms with van der Waals surface area (Å²) in [4.78, 5) is 0. The molecule has 0 aliphatic heterocycles. The number of hydrogen-bond acceptors (Lipinski definition) is 0. The minimum absolute atomic E-state index is 0.575. The van der Waals surface area contributed by atoms with Gasteiger partial charge in [0.05, 0.1) is 0 Å². The number of allylic oxidation sites excluding steroid dienone is 4. The van der Waals surface area contributed by atoms with Crippen molar-refractivity contribution in [2.75, 3.05) is 0 Å². The summed E-state index contributed by atoms with van der Waals surface area (Å²) in [5.41, 5.74) is 3.83. The minimum Gasteiger partial charge on any atom is -0.0853 e. The Morgan fingerprint density at radius 3 is 2.53 bits per heavy atom. The van der Waals surface area contributed by atoms with E-state index in [1.54, 1.807) is 11.1 Å². The van der Waals surface area contributed by atoms with Crippen LogP contribution < -0.4 is 0 Å². The average Bonchev–Trinajstić information content (AvgIpc) is 2.72. The molecule has 0 heteroatoms. The zero-order valence-electron chi connectivity index (χ0n) is 10.6. The highest BCUT2D eigenvalue weighted by molar-refractivity contribution is 5.23. The number of fused-ring (bicyclic) bond motifs is 1. The van der Waals surface area contributed by atoms with Gasteiger partial charge in [-0.05, 0) is 56.8 Å². The van der Waals surface area contributed by atoms with Gasteiger partial charge in [0.2, 0.25) is 0 Å². The van der Waals surface area contributed by atoms with Crippen LogP contribution in [0.5, 0.6) is 0 Å². The molecule has 2 aliphatic rings. The molecule has 0 radical (unpaired) electrons. The Kier molecular flexibility index (Phi) is 2.79. The van der Waals surface area contributed by atoms with Crippen molar-refractivity contribution in [2.24, 2.45) is 17.3 Å². The number of hydrogen-bond donors (Lipinski definition) is 0. The zero-order valence-corrected chi connectivity index (χ0v) is 10.6. The maximum atomic E-state index is 2.47. The third kappa shape index (κ3) is 2.04. The van der Waals surface area contributed by atoms with Crippen LogP contribution in [0.25, 0.3) is 0 Å². The fourth-order valence-corrected chi connectivity index (χ4v) is 3.44. The molecule has 0 N–H and O–H groups in total. The van der Waals surface area contributed by atoms with Gasteiger partial charge in [0.25, 0.3) is 0 Å². The number of rotatable bonds is 0. The molecule has 0 aromatic carbocycles. The fourth-order valence-electron chi connectivity index (χ4n) is 3.44. The van der Waals surface area contributed by atoms with Crippen molar-refractivity contribution in [3.63, 3.8) is 0 Å². The molecule has 2 aliphatic carbocycles. The summed E-state index contributed by atoms with van der Waals surface area (Å²) in [5, 5.41) is 0. The second kappa shape index (κ2) is 3.81. The van der Waals surface area contributed by atoms with Gasteiger partial charge in [0.1, 0.15) is 0 Å². The SMILES string of the molecule is C/C1=C\CC/C=C(\C)[C@@H]2[C@@H](CC1)C2(C)C. The van der Waals surface area contributed by atoms with E-state index < -0.39 is 0 Å². The van der Waals surface area contributed by atoms with Gasteiger partial charge in [0.15, 0.2) is 0 Å². The van der Waals surface area contributed by atoms with Crippen molar-refractivity contribution in [2.45, 2.75) is 53.4 Å². The van der Waals surface area contributed by atoms with Crippen molar-refractivity contribution in [1.29, 1.82) is 0 Å². The Balaban J connectivity index is 2.14. The van der Waals surface area contributed by atoms with E-state index in [0.717, 1.165) is 11.8 Å².